The summed E-state index contributed by atoms with van der Waals surface area (Å²) in [7, 11) is -0.639. The second-order valence-corrected chi connectivity index (χ2v) is 15.5. The largest absolute Gasteiger partial charge is 0.389 e. The molecule has 0 spiro atoms. The molecule has 18 heteroatoms. The van der Waals surface area contributed by atoms with Gasteiger partial charge >= 0.3 is 42.7 Å². The monoisotopic (exact) mass is 631 g/mol. The van der Waals surface area contributed by atoms with Crippen LogP contribution in [0.25, 0.3) is 0 Å². The van der Waals surface area contributed by atoms with Crippen LogP contribution >= 0.6 is 0 Å². The number of nitrogens with zero attached hydrogens (tertiary/aromatic N) is 3. The van der Waals surface area contributed by atoms with Gasteiger partial charge in [-0.2, -0.15) is 0 Å². The van der Waals surface area contributed by atoms with Crippen molar-refractivity contribution >= 4 is 42.7 Å². The molecular weight excluding hydrogens is 557 g/mol. The smallest absolute Gasteiger partial charge is 0.343 e. The number of nitrogens with one attached hydrogen (secondary N) is 9. The zero-order valence-electron chi connectivity index (χ0n) is 32.5. The third-order valence-corrected chi connectivity index (χ3v) is 7.47. The Labute approximate surface area is 282 Å². The van der Waals surface area contributed by atoms with Crippen molar-refractivity contribution in [2.24, 2.45) is 0 Å². The highest BCUT2D eigenvalue weighted by Crippen LogP contribution is 2.12. The minimum atomic E-state index is -0.163. The van der Waals surface area contributed by atoms with E-state index in [0.717, 1.165) is 0 Å². The molecule has 1 aliphatic rings. The lowest BCUT2D eigenvalue weighted by Gasteiger charge is -2.50. The fourth-order valence-electron chi connectivity index (χ4n) is 5.90. The van der Waals surface area contributed by atoms with E-state index in [-0.39, 0.29) is 60.8 Å². The number of hydrogen-bond donors (Lipinski definition) is 9. The Bertz CT molecular complexity index is 660. The molecule has 1 heterocycles. The molecule has 0 amide bonds. The van der Waals surface area contributed by atoms with Crippen molar-refractivity contribution in [1.82, 2.24) is 60.9 Å². The summed E-state index contributed by atoms with van der Waals surface area (Å²) >= 11 is 0. The summed E-state index contributed by atoms with van der Waals surface area (Å²) in [5.41, 5.74) is 0. The molecule has 0 aromatic rings. The van der Waals surface area contributed by atoms with Gasteiger partial charge in [-0.05, 0) is 54.4 Å². The van der Waals surface area contributed by atoms with Crippen molar-refractivity contribution in [3.8, 4) is 0 Å². The highest BCUT2D eigenvalue weighted by atomic mass is 15.4. The Kier molecular flexibility index (Phi) is 19.5. The molecule has 0 atom stereocenters. The third-order valence-electron chi connectivity index (χ3n) is 7.47. The molecule has 1 aliphatic heterocycles. The van der Waals surface area contributed by atoms with Gasteiger partial charge < -0.3 is 60.9 Å². The molecule has 0 aliphatic carbocycles. The Morgan fingerprint density at radius 3 is 0.600 bits per heavy atom. The van der Waals surface area contributed by atoms with Gasteiger partial charge in [0.05, 0.1) is 0 Å². The van der Waals surface area contributed by atoms with Crippen LogP contribution in [0.15, 0.2) is 0 Å². The van der Waals surface area contributed by atoms with E-state index in [4.69, 9.17) is 0 Å². The molecule has 0 aromatic heterocycles. The van der Waals surface area contributed by atoms with Gasteiger partial charge in [0, 0.05) is 0 Å². The van der Waals surface area contributed by atoms with Crippen LogP contribution in [0.2, 0.25) is 0 Å². The minimum Gasteiger partial charge on any atom is -0.343 e. The van der Waals surface area contributed by atoms with E-state index in [1.807, 2.05) is 0 Å². The summed E-state index contributed by atoms with van der Waals surface area (Å²) in [6.45, 7) is 40.2. The van der Waals surface area contributed by atoms with Gasteiger partial charge in [-0.15, -0.1) is 0 Å². The molecular formula is C27H72B6N12. The normalized spacial score (nSPS) is 15.2. The first-order chi connectivity index (χ1) is 20.7. The average Bonchev–Trinajstić information content (AvgIpc) is 2.81. The minimum absolute atomic E-state index is 0.0499. The molecule has 0 unspecified atom stereocenters. The van der Waals surface area contributed by atoms with Crippen molar-refractivity contribution in [2.45, 2.75) is 179 Å². The molecule has 9 N–H and O–H groups in total. The topological polar surface area (TPSA) is 118 Å². The molecule has 1 saturated heterocycles. The van der Waals surface area contributed by atoms with E-state index in [9.17, 15) is 0 Å². The second kappa shape index (κ2) is 20.4. The van der Waals surface area contributed by atoms with E-state index < -0.39 is 0 Å². The Morgan fingerprint density at radius 1 is 0.333 bits per heavy atom. The summed E-state index contributed by atoms with van der Waals surface area (Å²) in [6, 6.07) is 2.52. The van der Waals surface area contributed by atoms with Crippen molar-refractivity contribution in [2.75, 3.05) is 0 Å². The average molecular weight is 630 g/mol. The standard InChI is InChI=1S/C27H72B6N12/c1-19(2)34-28(35-20(3)4)43(25(13)14)31-40-32(44(26(15)16)29(36-21(5)6)37-22(7)8)42-33(41-31)45(27(17)18)30(38-23(9)10)39-24(11)12/h19-27,34-42H,1-18H3. The molecule has 45 heavy (non-hydrogen) atoms. The van der Waals surface area contributed by atoms with Crippen molar-refractivity contribution in [3.05, 3.63) is 0 Å². The summed E-state index contributed by atoms with van der Waals surface area (Å²) in [5, 5.41) is 34.9. The Morgan fingerprint density at radius 2 is 0.489 bits per heavy atom. The molecule has 1 fully saturated rings. The fourth-order valence-corrected chi connectivity index (χ4v) is 5.90. The number of hydrogen-bond acceptors (Lipinski definition) is 12. The van der Waals surface area contributed by atoms with E-state index >= 15 is 0 Å². The van der Waals surface area contributed by atoms with Gasteiger partial charge in [0.1, 0.15) is 0 Å². The quantitative estimate of drug-likeness (QED) is 0.0837. The number of rotatable bonds is 21. The highest BCUT2D eigenvalue weighted by Gasteiger charge is 2.51. The first kappa shape index (κ1) is 42.9. The predicted octanol–water partition coefficient (Wildman–Crippen LogP) is 0.797. The molecule has 0 bridgehead atoms. The van der Waals surface area contributed by atoms with Crippen molar-refractivity contribution in [1.29, 1.82) is 0 Å². The van der Waals surface area contributed by atoms with Crippen LogP contribution in [0.5, 0.6) is 0 Å². The van der Waals surface area contributed by atoms with Gasteiger partial charge in [0.2, 0.25) is 0 Å². The van der Waals surface area contributed by atoms with Gasteiger partial charge in [0.15, 0.2) is 0 Å². The lowest BCUT2D eigenvalue weighted by atomic mass is 9.53. The van der Waals surface area contributed by atoms with Crippen LogP contribution in [0.3, 0.4) is 0 Å². The molecule has 0 saturated carbocycles. The first-order valence-electron chi connectivity index (χ1n) is 17.9. The maximum atomic E-state index is 4.02. The molecule has 12 nitrogen and oxygen atoms in total. The van der Waals surface area contributed by atoms with Crippen LogP contribution in [-0.4, -0.2) is 111 Å². The van der Waals surface area contributed by atoms with Gasteiger partial charge in [-0.1, -0.05) is 125 Å². The lowest BCUT2D eigenvalue weighted by Crippen LogP contribution is -2.91. The van der Waals surface area contributed by atoms with Crippen LogP contribution in [0, 0.1) is 0 Å². The lowest BCUT2D eigenvalue weighted by molar-refractivity contribution is 0.444. The van der Waals surface area contributed by atoms with E-state index in [0.29, 0.717) is 36.3 Å². The predicted molar refractivity (Wildman–Crippen MR) is 204 cm³/mol. The molecule has 258 valence electrons. The molecule has 0 aromatic carbocycles. The SMILES string of the molecule is CC(C)NB(NC(C)C)N(B1NB(N(B(NC(C)C)NC(C)C)C(C)C)NB(N(B(NC(C)C)NC(C)C)C(C)C)N1)C(C)C. The van der Waals surface area contributed by atoms with Crippen LogP contribution < -0.4 is 46.8 Å². The van der Waals surface area contributed by atoms with Gasteiger partial charge in [-0.3, -0.25) is 0 Å². The maximum absolute atomic E-state index is 4.02. The van der Waals surface area contributed by atoms with E-state index in [1.54, 1.807) is 0 Å². The van der Waals surface area contributed by atoms with Crippen LogP contribution in [-0.2, 0) is 0 Å². The molecule has 1 rings (SSSR count). The summed E-state index contributed by atoms with van der Waals surface area (Å²) in [4.78, 5) is 0. The maximum Gasteiger partial charge on any atom is 0.389 e. The third kappa shape index (κ3) is 14.9. The van der Waals surface area contributed by atoms with Crippen LogP contribution in [0.4, 0.5) is 0 Å². The van der Waals surface area contributed by atoms with Crippen LogP contribution in [0.1, 0.15) is 125 Å². The van der Waals surface area contributed by atoms with E-state index in [2.05, 4.69) is 186 Å². The Balaban J connectivity index is 3.84. The zero-order chi connectivity index (χ0) is 34.8. The molecule has 0 radical (unpaired) electrons. The second-order valence-electron chi connectivity index (χ2n) is 15.5. The first-order valence-corrected chi connectivity index (χ1v) is 17.9. The summed E-state index contributed by atoms with van der Waals surface area (Å²) < 4.78 is 7.50. The zero-order valence-corrected chi connectivity index (χ0v) is 32.5. The summed E-state index contributed by atoms with van der Waals surface area (Å²) in [6.07, 6.45) is 0. The summed E-state index contributed by atoms with van der Waals surface area (Å²) in [5.74, 6) is 0. The fraction of sp³-hybridized carbons (Fsp3) is 1.00. The van der Waals surface area contributed by atoms with Gasteiger partial charge in [0.25, 0.3) is 0 Å². The van der Waals surface area contributed by atoms with Gasteiger partial charge in [-0.25, -0.2) is 0 Å². The van der Waals surface area contributed by atoms with E-state index in [1.165, 1.54) is 0 Å². The highest BCUT2D eigenvalue weighted by molar-refractivity contribution is 6.91. The van der Waals surface area contributed by atoms with Crippen molar-refractivity contribution < 1.29 is 0 Å². The Hall–Kier alpha value is -0.0904. The van der Waals surface area contributed by atoms with Crippen molar-refractivity contribution in [3.63, 3.8) is 0 Å².